The molecule has 0 aliphatic carbocycles. The van der Waals surface area contributed by atoms with E-state index in [1.165, 1.54) is 4.90 Å². The molecule has 21 heavy (non-hydrogen) atoms. The van der Waals surface area contributed by atoms with E-state index < -0.39 is 11.6 Å². The second-order valence-corrected chi connectivity index (χ2v) is 5.15. The van der Waals surface area contributed by atoms with Gasteiger partial charge >= 0.3 is 6.03 Å². The first-order valence-corrected chi connectivity index (χ1v) is 6.92. The molecule has 2 aliphatic rings. The third-order valence-corrected chi connectivity index (χ3v) is 3.93. The van der Waals surface area contributed by atoms with E-state index in [0.717, 1.165) is 0 Å². The zero-order chi connectivity index (χ0) is 14.9. The van der Waals surface area contributed by atoms with Gasteiger partial charge in [-0.05, 0) is 12.5 Å². The molecule has 0 radical (unpaired) electrons. The minimum Gasteiger partial charge on any atom is -0.493 e. The lowest BCUT2D eigenvalue weighted by atomic mass is 9.84. The van der Waals surface area contributed by atoms with Crippen LogP contribution in [0.15, 0.2) is 24.3 Å². The van der Waals surface area contributed by atoms with Crippen molar-refractivity contribution in [3.8, 4) is 11.8 Å². The van der Waals surface area contributed by atoms with Gasteiger partial charge in [-0.2, -0.15) is 5.26 Å². The van der Waals surface area contributed by atoms with Crippen LogP contribution >= 0.6 is 0 Å². The van der Waals surface area contributed by atoms with Crippen LogP contribution in [0, 0.1) is 11.3 Å². The van der Waals surface area contributed by atoms with Gasteiger partial charge in [0.1, 0.15) is 5.75 Å². The number of benzene rings is 1. The van der Waals surface area contributed by atoms with Crippen molar-refractivity contribution in [2.24, 2.45) is 0 Å². The highest BCUT2D eigenvalue weighted by atomic mass is 16.5. The normalized spacial score (nSPS) is 23.5. The maximum atomic E-state index is 12.8. The van der Waals surface area contributed by atoms with E-state index >= 15 is 0 Å². The van der Waals surface area contributed by atoms with Gasteiger partial charge in [0.15, 0.2) is 5.54 Å². The number of amides is 3. The number of unbranched alkanes of at least 4 members (excludes halogenated alkanes) is 1. The number of rotatable bonds is 3. The lowest BCUT2D eigenvalue weighted by Gasteiger charge is -2.33. The zero-order valence-electron chi connectivity index (χ0n) is 11.5. The Balaban J connectivity index is 1.92. The van der Waals surface area contributed by atoms with E-state index in [2.05, 4.69) is 5.32 Å². The Hall–Kier alpha value is -2.55. The Morgan fingerprint density at radius 3 is 3.00 bits per heavy atom. The molecule has 1 N–H and O–H groups in total. The molecular weight excluding hydrogens is 270 g/mol. The van der Waals surface area contributed by atoms with Crippen molar-refractivity contribution in [3.05, 3.63) is 29.8 Å². The second-order valence-electron chi connectivity index (χ2n) is 5.15. The fraction of sp³-hybridized carbons (Fsp3) is 0.400. The highest BCUT2D eigenvalue weighted by Crippen LogP contribution is 2.40. The summed E-state index contributed by atoms with van der Waals surface area (Å²) in [6.07, 6.45) is 1.23. The summed E-state index contributed by atoms with van der Waals surface area (Å²) in [4.78, 5) is 26.1. The molecule has 2 heterocycles. The van der Waals surface area contributed by atoms with Crippen molar-refractivity contribution >= 4 is 11.9 Å². The number of ether oxygens (including phenoxy) is 1. The number of nitrogens with zero attached hydrogens (tertiary/aromatic N) is 2. The molecule has 3 amide bonds. The second kappa shape index (κ2) is 5.09. The number of urea groups is 1. The van der Waals surface area contributed by atoms with Gasteiger partial charge in [0, 0.05) is 24.9 Å². The van der Waals surface area contributed by atoms with E-state index in [9.17, 15) is 9.59 Å². The number of para-hydroxylation sites is 1. The lowest BCUT2D eigenvalue weighted by Crippen LogP contribution is -2.47. The van der Waals surface area contributed by atoms with Crippen LogP contribution in [0.5, 0.6) is 5.75 Å². The predicted octanol–water partition coefficient (Wildman–Crippen LogP) is 1.52. The van der Waals surface area contributed by atoms with Crippen molar-refractivity contribution in [2.45, 2.75) is 24.8 Å². The third kappa shape index (κ3) is 2.02. The topological polar surface area (TPSA) is 82.4 Å². The highest BCUT2D eigenvalue weighted by Gasteiger charge is 2.54. The van der Waals surface area contributed by atoms with Gasteiger partial charge in [-0.25, -0.2) is 4.79 Å². The highest BCUT2D eigenvalue weighted by molar-refractivity contribution is 6.07. The van der Waals surface area contributed by atoms with E-state index in [4.69, 9.17) is 10.00 Å². The Bertz CT molecular complexity index is 637. The van der Waals surface area contributed by atoms with Crippen LogP contribution in [0.4, 0.5) is 4.79 Å². The third-order valence-electron chi connectivity index (χ3n) is 3.93. The van der Waals surface area contributed by atoms with Crippen LogP contribution in [0.25, 0.3) is 0 Å². The molecular formula is C15H15N3O3. The van der Waals surface area contributed by atoms with Crippen molar-refractivity contribution in [1.82, 2.24) is 10.2 Å². The molecule has 1 spiro atoms. The first kappa shape index (κ1) is 13.4. The molecule has 0 saturated carbocycles. The van der Waals surface area contributed by atoms with Crippen molar-refractivity contribution in [2.75, 3.05) is 13.2 Å². The monoisotopic (exact) mass is 285 g/mol. The van der Waals surface area contributed by atoms with Gasteiger partial charge in [-0.3, -0.25) is 9.69 Å². The summed E-state index contributed by atoms with van der Waals surface area (Å²) in [7, 11) is 0. The number of nitrogens with one attached hydrogen (secondary N) is 1. The van der Waals surface area contributed by atoms with Crippen LogP contribution in [0.1, 0.15) is 24.8 Å². The molecule has 108 valence electrons. The Kier molecular flexibility index (Phi) is 3.26. The molecule has 0 aromatic heterocycles. The van der Waals surface area contributed by atoms with E-state index in [1.54, 1.807) is 6.07 Å². The maximum Gasteiger partial charge on any atom is 0.325 e. The average Bonchev–Trinajstić information content (AvgIpc) is 2.73. The minimum atomic E-state index is -1.02. The summed E-state index contributed by atoms with van der Waals surface area (Å²) in [6, 6.07) is 8.90. The molecule has 0 bridgehead atoms. The van der Waals surface area contributed by atoms with Crippen LogP contribution in [0.2, 0.25) is 0 Å². The number of carbonyl (C=O) groups excluding carboxylic acids is 2. The smallest absolute Gasteiger partial charge is 0.325 e. The predicted molar refractivity (Wildman–Crippen MR) is 73.3 cm³/mol. The fourth-order valence-corrected chi connectivity index (χ4v) is 2.89. The number of hydrogen-bond acceptors (Lipinski definition) is 4. The Labute approximate surface area is 122 Å². The van der Waals surface area contributed by atoms with Crippen LogP contribution in [0.3, 0.4) is 0 Å². The average molecular weight is 285 g/mol. The molecule has 3 rings (SSSR count). The largest absolute Gasteiger partial charge is 0.493 e. The van der Waals surface area contributed by atoms with Gasteiger partial charge in [-0.1, -0.05) is 18.2 Å². The molecule has 6 nitrogen and oxygen atoms in total. The van der Waals surface area contributed by atoms with Gasteiger partial charge < -0.3 is 10.1 Å². The molecule has 2 aliphatic heterocycles. The molecule has 1 aromatic carbocycles. The Morgan fingerprint density at radius 1 is 1.38 bits per heavy atom. The minimum absolute atomic E-state index is 0.249. The number of carbonyl (C=O) groups is 2. The summed E-state index contributed by atoms with van der Waals surface area (Å²) >= 11 is 0. The van der Waals surface area contributed by atoms with Crippen molar-refractivity contribution in [1.29, 1.82) is 5.26 Å². The van der Waals surface area contributed by atoms with Gasteiger partial charge in [0.2, 0.25) is 0 Å². The molecule has 1 unspecified atom stereocenters. The van der Waals surface area contributed by atoms with Crippen LogP contribution in [-0.2, 0) is 10.3 Å². The first-order chi connectivity index (χ1) is 10.2. The molecule has 1 saturated heterocycles. The van der Waals surface area contributed by atoms with E-state index in [0.29, 0.717) is 37.2 Å². The van der Waals surface area contributed by atoms with Crippen molar-refractivity contribution in [3.63, 3.8) is 0 Å². The summed E-state index contributed by atoms with van der Waals surface area (Å²) in [6.45, 7) is 0.651. The zero-order valence-corrected chi connectivity index (χ0v) is 11.5. The fourth-order valence-electron chi connectivity index (χ4n) is 2.89. The lowest BCUT2D eigenvalue weighted by molar-refractivity contribution is -0.132. The molecule has 1 fully saturated rings. The van der Waals surface area contributed by atoms with Crippen LogP contribution < -0.4 is 10.1 Å². The molecule has 6 heteroatoms. The van der Waals surface area contributed by atoms with Gasteiger partial charge in [-0.15, -0.1) is 0 Å². The van der Waals surface area contributed by atoms with Crippen molar-refractivity contribution < 1.29 is 14.3 Å². The Morgan fingerprint density at radius 2 is 2.19 bits per heavy atom. The summed E-state index contributed by atoms with van der Waals surface area (Å²) in [5.74, 6) is 0.387. The standard InChI is InChI=1S/C15H15N3O3/c16-8-3-4-9-18-13(19)15(17-14(18)20)7-10-21-12-6-2-1-5-11(12)15/h1-2,5-6H,3-4,7,9-10H2,(H,17,20). The molecule has 1 aromatic rings. The number of hydrogen-bond donors (Lipinski definition) is 1. The molecule has 1 atom stereocenters. The maximum absolute atomic E-state index is 12.8. The number of imide groups is 1. The quantitative estimate of drug-likeness (QED) is 0.674. The summed E-state index contributed by atoms with van der Waals surface area (Å²) < 4.78 is 5.56. The van der Waals surface area contributed by atoms with E-state index in [-0.39, 0.29) is 12.5 Å². The first-order valence-electron chi connectivity index (χ1n) is 6.92. The van der Waals surface area contributed by atoms with E-state index in [1.807, 2.05) is 24.3 Å². The number of nitriles is 1. The summed E-state index contributed by atoms with van der Waals surface area (Å²) in [5, 5.41) is 11.4. The van der Waals surface area contributed by atoms with Gasteiger partial charge in [0.25, 0.3) is 5.91 Å². The van der Waals surface area contributed by atoms with Crippen LogP contribution in [-0.4, -0.2) is 30.0 Å². The number of fused-ring (bicyclic) bond motifs is 2. The summed E-state index contributed by atoms with van der Waals surface area (Å²) in [5.41, 5.74) is -0.309. The SMILES string of the molecule is N#CCCCN1C(=O)NC2(CCOc3ccccc32)C1=O. The van der Waals surface area contributed by atoms with Gasteiger partial charge in [0.05, 0.1) is 12.7 Å².